The van der Waals surface area contributed by atoms with Gasteiger partial charge in [0.2, 0.25) is 0 Å². The van der Waals surface area contributed by atoms with Crippen molar-refractivity contribution in [2.45, 2.75) is 11.8 Å². The highest BCUT2D eigenvalue weighted by Crippen LogP contribution is 2.28. The third-order valence-electron chi connectivity index (χ3n) is 4.29. The molecule has 24 heavy (non-hydrogen) atoms. The summed E-state index contributed by atoms with van der Waals surface area (Å²) in [5.74, 6) is 0. The average molecular weight is 341 g/mol. The maximum Gasteiger partial charge on any atom is 0.177 e. The molecule has 2 aromatic heterocycles. The lowest BCUT2D eigenvalue weighted by atomic mass is 10.1. The van der Waals surface area contributed by atoms with Gasteiger partial charge in [0.1, 0.15) is 5.65 Å². The van der Waals surface area contributed by atoms with Gasteiger partial charge in [-0.2, -0.15) is 0 Å². The third-order valence-corrected chi connectivity index (χ3v) is 5.94. The molecule has 0 spiro atoms. The number of imidazole rings is 1. The van der Waals surface area contributed by atoms with Crippen LogP contribution in [0.15, 0.2) is 53.7 Å². The SMILES string of the molecule is Cc1ccc(-c2cnc3ccccn23)cc1[S+]([O-])N1CCOCC1. The second kappa shape index (κ2) is 6.57. The van der Waals surface area contributed by atoms with Crippen LogP contribution in [0.2, 0.25) is 0 Å². The molecule has 3 heterocycles. The molecular formula is C18H19N3O2S. The Kier molecular flexibility index (Phi) is 4.28. The third kappa shape index (κ3) is 2.82. The van der Waals surface area contributed by atoms with Gasteiger partial charge in [0.15, 0.2) is 4.90 Å². The van der Waals surface area contributed by atoms with Gasteiger partial charge >= 0.3 is 0 Å². The van der Waals surface area contributed by atoms with Gasteiger partial charge in [0.25, 0.3) is 0 Å². The summed E-state index contributed by atoms with van der Waals surface area (Å²) in [4.78, 5) is 5.30. The summed E-state index contributed by atoms with van der Waals surface area (Å²) in [6, 6.07) is 12.1. The Morgan fingerprint density at radius 2 is 2.00 bits per heavy atom. The summed E-state index contributed by atoms with van der Waals surface area (Å²) in [6.45, 7) is 4.68. The summed E-state index contributed by atoms with van der Waals surface area (Å²) >= 11 is -1.16. The van der Waals surface area contributed by atoms with Crippen LogP contribution in [0, 0.1) is 6.92 Å². The molecule has 1 aromatic carbocycles. The summed E-state index contributed by atoms with van der Waals surface area (Å²) in [5, 5.41) is 0. The Bertz CT molecular complexity index is 858. The molecule has 4 rings (SSSR count). The van der Waals surface area contributed by atoms with E-state index in [0.717, 1.165) is 27.4 Å². The van der Waals surface area contributed by atoms with Crippen molar-refractivity contribution < 1.29 is 9.29 Å². The Hall–Kier alpha value is -1.86. The number of rotatable bonds is 3. The lowest BCUT2D eigenvalue weighted by Crippen LogP contribution is -2.40. The first kappa shape index (κ1) is 15.7. The lowest BCUT2D eigenvalue weighted by Gasteiger charge is -2.28. The molecule has 0 N–H and O–H groups in total. The molecule has 1 unspecified atom stereocenters. The van der Waals surface area contributed by atoms with Crippen molar-refractivity contribution in [2.75, 3.05) is 26.3 Å². The van der Waals surface area contributed by atoms with E-state index >= 15 is 0 Å². The van der Waals surface area contributed by atoms with Crippen molar-refractivity contribution in [2.24, 2.45) is 0 Å². The number of benzene rings is 1. The minimum Gasteiger partial charge on any atom is -0.593 e. The minimum absolute atomic E-state index is 0.637. The number of ether oxygens (including phenoxy) is 1. The zero-order valence-electron chi connectivity index (χ0n) is 13.5. The number of hydrogen-bond donors (Lipinski definition) is 0. The van der Waals surface area contributed by atoms with Crippen molar-refractivity contribution in [3.05, 3.63) is 54.4 Å². The maximum atomic E-state index is 13.0. The molecule has 0 saturated carbocycles. The highest BCUT2D eigenvalue weighted by Gasteiger charge is 2.26. The van der Waals surface area contributed by atoms with Crippen molar-refractivity contribution in [1.82, 2.24) is 13.7 Å². The van der Waals surface area contributed by atoms with Crippen LogP contribution in [0.25, 0.3) is 16.9 Å². The summed E-state index contributed by atoms with van der Waals surface area (Å²) in [5.41, 5.74) is 3.98. The molecule has 0 amide bonds. The quantitative estimate of drug-likeness (QED) is 0.687. The number of aromatic nitrogens is 2. The first-order chi connectivity index (χ1) is 11.7. The topological polar surface area (TPSA) is 52.8 Å². The molecule has 0 bridgehead atoms. The van der Waals surface area contributed by atoms with E-state index in [2.05, 4.69) is 11.1 Å². The molecule has 1 aliphatic rings. The van der Waals surface area contributed by atoms with Gasteiger partial charge in [-0.25, -0.2) is 4.98 Å². The van der Waals surface area contributed by atoms with Gasteiger partial charge in [0.05, 0.1) is 49.6 Å². The molecule has 1 fully saturated rings. The van der Waals surface area contributed by atoms with Crippen molar-refractivity contribution >= 4 is 17.0 Å². The number of hydrogen-bond acceptors (Lipinski definition) is 4. The van der Waals surface area contributed by atoms with Gasteiger partial charge in [-0.05, 0) is 19.1 Å². The van der Waals surface area contributed by atoms with Crippen molar-refractivity contribution in [1.29, 1.82) is 0 Å². The lowest BCUT2D eigenvalue weighted by molar-refractivity contribution is 0.0730. The van der Waals surface area contributed by atoms with Gasteiger partial charge in [-0.15, -0.1) is 4.31 Å². The van der Waals surface area contributed by atoms with Gasteiger partial charge in [-0.1, -0.05) is 18.2 Å². The van der Waals surface area contributed by atoms with Crippen LogP contribution in [0.4, 0.5) is 0 Å². The Labute approximate surface area is 144 Å². The number of fused-ring (bicyclic) bond motifs is 1. The van der Waals surface area contributed by atoms with Crippen LogP contribution < -0.4 is 0 Å². The van der Waals surface area contributed by atoms with E-state index in [1.807, 2.05) is 58.4 Å². The zero-order chi connectivity index (χ0) is 16.5. The van der Waals surface area contributed by atoms with Crippen LogP contribution in [0.3, 0.4) is 0 Å². The standard InChI is InChI=1S/C18H19N3O2S/c1-14-5-6-15(16-13-19-18-4-2-3-7-21(16)18)12-17(14)24(22)20-8-10-23-11-9-20/h2-7,12-13H,8-11H2,1H3. The molecule has 0 aliphatic carbocycles. The molecule has 5 nitrogen and oxygen atoms in total. The molecule has 1 aliphatic heterocycles. The van der Waals surface area contributed by atoms with Gasteiger partial charge < -0.3 is 9.29 Å². The predicted octanol–water partition coefficient (Wildman–Crippen LogP) is 2.66. The smallest absolute Gasteiger partial charge is 0.177 e. The molecule has 0 radical (unpaired) electrons. The number of aryl methyl sites for hydroxylation is 1. The summed E-state index contributed by atoms with van der Waals surface area (Å²) in [6.07, 6.45) is 3.86. The van der Waals surface area contributed by atoms with Crippen LogP contribution in [0.1, 0.15) is 5.56 Å². The predicted molar refractivity (Wildman–Crippen MR) is 94.2 cm³/mol. The fourth-order valence-electron chi connectivity index (χ4n) is 2.95. The van der Waals surface area contributed by atoms with Crippen LogP contribution >= 0.6 is 0 Å². The highest BCUT2D eigenvalue weighted by atomic mass is 32.2. The highest BCUT2D eigenvalue weighted by molar-refractivity contribution is 7.89. The Morgan fingerprint density at radius 1 is 1.17 bits per heavy atom. The van der Waals surface area contributed by atoms with Crippen LogP contribution in [0.5, 0.6) is 0 Å². The van der Waals surface area contributed by atoms with E-state index in [-0.39, 0.29) is 0 Å². The fraction of sp³-hybridized carbons (Fsp3) is 0.278. The molecule has 3 aromatic rings. The zero-order valence-corrected chi connectivity index (χ0v) is 14.3. The molecular weight excluding hydrogens is 322 g/mol. The first-order valence-corrected chi connectivity index (χ1v) is 9.12. The average Bonchev–Trinajstić information content (AvgIpc) is 3.06. The summed E-state index contributed by atoms with van der Waals surface area (Å²) in [7, 11) is 0. The van der Waals surface area contributed by atoms with Crippen LogP contribution in [-0.2, 0) is 16.1 Å². The first-order valence-electron chi connectivity index (χ1n) is 8.02. The normalized spacial score (nSPS) is 17.2. The number of morpholine rings is 1. The largest absolute Gasteiger partial charge is 0.593 e. The molecule has 1 saturated heterocycles. The van der Waals surface area contributed by atoms with Gasteiger partial charge in [-0.3, -0.25) is 4.40 Å². The van der Waals surface area contributed by atoms with E-state index in [1.54, 1.807) is 0 Å². The maximum absolute atomic E-state index is 13.0. The Morgan fingerprint density at radius 3 is 2.83 bits per heavy atom. The van der Waals surface area contributed by atoms with E-state index < -0.39 is 11.4 Å². The number of nitrogens with zero attached hydrogens (tertiary/aromatic N) is 3. The van der Waals surface area contributed by atoms with Gasteiger partial charge in [0, 0.05) is 23.4 Å². The Balaban J connectivity index is 1.73. The van der Waals surface area contributed by atoms with E-state index in [1.165, 1.54) is 0 Å². The molecule has 124 valence electrons. The van der Waals surface area contributed by atoms with Crippen molar-refractivity contribution in [3.8, 4) is 11.3 Å². The molecule has 6 heteroatoms. The monoisotopic (exact) mass is 341 g/mol. The van der Waals surface area contributed by atoms with E-state index in [0.29, 0.717) is 26.3 Å². The van der Waals surface area contributed by atoms with Crippen molar-refractivity contribution in [3.63, 3.8) is 0 Å². The van der Waals surface area contributed by atoms with Crippen LogP contribution in [-0.4, -0.2) is 44.5 Å². The van der Waals surface area contributed by atoms with E-state index in [9.17, 15) is 4.55 Å². The second-order valence-corrected chi connectivity index (χ2v) is 7.30. The summed E-state index contributed by atoms with van der Waals surface area (Å²) < 4.78 is 22.3. The molecule has 1 atom stereocenters. The van der Waals surface area contributed by atoms with E-state index in [4.69, 9.17) is 4.74 Å². The fourth-order valence-corrected chi connectivity index (χ4v) is 4.28. The minimum atomic E-state index is -1.16. The second-order valence-electron chi connectivity index (χ2n) is 5.84. The number of pyridine rings is 1.